The number of benzene rings is 2. The Bertz CT molecular complexity index is 668. The largest absolute Gasteiger partial charge is 0.327 e. The van der Waals surface area contributed by atoms with Gasteiger partial charge >= 0.3 is 6.03 Å². The molecule has 2 amide bonds. The number of hydrogen-bond acceptors (Lipinski definition) is 1. The maximum absolute atomic E-state index is 12.6. The van der Waals surface area contributed by atoms with Gasteiger partial charge < -0.3 is 5.32 Å². The summed E-state index contributed by atoms with van der Waals surface area (Å²) in [6.07, 6.45) is 7.09. The number of anilines is 2. The SMILES string of the molecule is C#CCNC(=O)N1c2ccccc2CCc2ccccc21.CC. The number of aryl methyl sites for hydroxylation is 2. The topological polar surface area (TPSA) is 32.3 Å². The Labute approximate surface area is 138 Å². The lowest BCUT2D eigenvalue weighted by molar-refractivity contribution is 0.249. The molecule has 0 aromatic heterocycles. The first-order valence-corrected chi connectivity index (χ1v) is 7.98. The van der Waals surface area contributed by atoms with Gasteiger partial charge in [-0.25, -0.2) is 4.79 Å². The first-order valence-electron chi connectivity index (χ1n) is 7.98. The third kappa shape index (κ3) is 3.54. The smallest absolute Gasteiger partial charge is 0.326 e. The summed E-state index contributed by atoms with van der Waals surface area (Å²) >= 11 is 0. The zero-order valence-corrected chi connectivity index (χ0v) is 13.7. The highest BCUT2D eigenvalue weighted by molar-refractivity contribution is 6.01. The van der Waals surface area contributed by atoms with Gasteiger partial charge in [-0.05, 0) is 36.1 Å². The van der Waals surface area contributed by atoms with Crippen molar-refractivity contribution in [2.75, 3.05) is 11.4 Å². The average Bonchev–Trinajstić information content (AvgIpc) is 2.78. The summed E-state index contributed by atoms with van der Waals surface area (Å²) in [5.41, 5.74) is 4.20. The molecular weight excluding hydrogens is 284 g/mol. The molecule has 1 aliphatic rings. The van der Waals surface area contributed by atoms with Gasteiger partial charge in [0.05, 0.1) is 17.9 Å². The number of terminal acetylenes is 1. The van der Waals surface area contributed by atoms with Gasteiger partial charge in [-0.15, -0.1) is 6.42 Å². The zero-order chi connectivity index (χ0) is 16.7. The van der Waals surface area contributed by atoms with Crippen molar-refractivity contribution in [2.45, 2.75) is 26.7 Å². The van der Waals surface area contributed by atoms with Crippen LogP contribution in [0.2, 0.25) is 0 Å². The van der Waals surface area contributed by atoms with Gasteiger partial charge in [0.2, 0.25) is 0 Å². The van der Waals surface area contributed by atoms with E-state index in [1.165, 1.54) is 11.1 Å². The molecule has 0 bridgehead atoms. The molecular formula is C20H22N2O. The molecule has 0 fully saturated rings. The number of para-hydroxylation sites is 2. The summed E-state index contributed by atoms with van der Waals surface area (Å²) in [5.74, 6) is 2.44. The van der Waals surface area contributed by atoms with Crippen LogP contribution in [-0.2, 0) is 12.8 Å². The second kappa shape index (κ2) is 8.05. The lowest BCUT2D eigenvalue weighted by atomic mass is 10.0. The minimum absolute atomic E-state index is 0.185. The highest BCUT2D eigenvalue weighted by Crippen LogP contribution is 2.35. The van der Waals surface area contributed by atoms with E-state index in [9.17, 15) is 4.79 Å². The first-order chi connectivity index (χ1) is 11.3. The van der Waals surface area contributed by atoms with Crippen molar-refractivity contribution in [2.24, 2.45) is 0 Å². The van der Waals surface area contributed by atoms with Crippen molar-refractivity contribution in [1.82, 2.24) is 5.32 Å². The summed E-state index contributed by atoms with van der Waals surface area (Å²) in [6, 6.07) is 15.8. The number of nitrogens with zero attached hydrogens (tertiary/aromatic N) is 1. The van der Waals surface area contributed by atoms with Crippen LogP contribution in [0.3, 0.4) is 0 Å². The Hall–Kier alpha value is -2.73. The molecule has 3 heteroatoms. The fraction of sp³-hybridized carbons (Fsp3) is 0.250. The minimum Gasteiger partial charge on any atom is -0.326 e. The van der Waals surface area contributed by atoms with Crippen molar-refractivity contribution >= 4 is 17.4 Å². The third-order valence-corrected chi connectivity index (χ3v) is 3.67. The van der Waals surface area contributed by atoms with Gasteiger partial charge in [0, 0.05) is 0 Å². The van der Waals surface area contributed by atoms with E-state index in [1.54, 1.807) is 4.90 Å². The first kappa shape index (κ1) is 16.6. The normalized spacial score (nSPS) is 11.8. The minimum atomic E-state index is -0.185. The Morgan fingerprint density at radius 1 is 1.04 bits per heavy atom. The Balaban J connectivity index is 0.000000924. The fourth-order valence-corrected chi connectivity index (χ4v) is 2.70. The van der Waals surface area contributed by atoms with Crippen molar-refractivity contribution < 1.29 is 4.79 Å². The van der Waals surface area contributed by atoms with Crippen molar-refractivity contribution in [3.63, 3.8) is 0 Å². The van der Waals surface area contributed by atoms with Gasteiger partial charge in [-0.1, -0.05) is 56.2 Å². The third-order valence-electron chi connectivity index (χ3n) is 3.67. The maximum atomic E-state index is 12.6. The van der Waals surface area contributed by atoms with Crippen LogP contribution < -0.4 is 10.2 Å². The summed E-state index contributed by atoms with van der Waals surface area (Å²) in [4.78, 5) is 14.3. The van der Waals surface area contributed by atoms with Gasteiger partial charge in [0.15, 0.2) is 0 Å². The molecule has 0 radical (unpaired) electrons. The van der Waals surface area contributed by atoms with Crippen molar-refractivity contribution in [1.29, 1.82) is 0 Å². The number of nitrogens with one attached hydrogen (secondary N) is 1. The molecule has 0 spiro atoms. The molecule has 3 rings (SSSR count). The van der Waals surface area contributed by atoms with E-state index in [4.69, 9.17) is 6.42 Å². The molecule has 2 aromatic carbocycles. The lowest BCUT2D eigenvalue weighted by Crippen LogP contribution is -2.37. The Kier molecular flexibility index (Phi) is 5.82. The highest BCUT2D eigenvalue weighted by Gasteiger charge is 2.24. The summed E-state index contributed by atoms with van der Waals surface area (Å²) in [7, 11) is 0. The van der Waals surface area contributed by atoms with E-state index in [2.05, 4.69) is 23.4 Å². The maximum Gasteiger partial charge on any atom is 0.327 e. The molecule has 23 heavy (non-hydrogen) atoms. The van der Waals surface area contributed by atoms with Crippen LogP contribution in [0.5, 0.6) is 0 Å². The predicted molar refractivity (Wildman–Crippen MR) is 96.0 cm³/mol. The number of urea groups is 1. The molecule has 0 atom stereocenters. The van der Waals surface area contributed by atoms with Crippen LogP contribution in [0.1, 0.15) is 25.0 Å². The number of rotatable bonds is 1. The second-order valence-electron chi connectivity index (χ2n) is 4.96. The van der Waals surface area contributed by atoms with Gasteiger partial charge in [0.25, 0.3) is 0 Å². The van der Waals surface area contributed by atoms with E-state index in [0.717, 1.165) is 24.2 Å². The highest BCUT2D eigenvalue weighted by atomic mass is 16.2. The second-order valence-corrected chi connectivity index (χ2v) is 4.96. The average molecular weight is 306 g/mol. The van der Waals surface area contributed by atoms with Crippen molar-refractivity contribution in [3.05, 3.63) is 59.7 Å². The monoisotopic (exact) mass is 306 g/mol. The van der Waals surface area contributed by atoms with Crippen LogP contribution in [0, 0.1) is 12.3 Å². The summed E-state index contributed by atoms with van der Waals surface area (Å²) in [6.45, 7) is 4.22. The quantitative estimate of drug-likeness (QED) is 0.783. The molecule has 0 saturated heterocycles. The molecule has 0 saturated carbocycles. The van der Waals surface area contributed by atoms with Crippen LogP contribution in [-0.4, -0.2) is 12.6 Å². The molecule has 3 nitrogen and oxygen atoms in total. The molecule has 1 N–H and O–H groups in total. The molecule has 0 aliphatic carbocycles. The van der Waals surface area contributed by atoms with E-state index in [0.29, 0.717) is 0 Å². The number of amides is 2. The Morgan fingerprint density at radius 2 is 1.52 bits per heavy atom. The van der Waals surface area contributed by atoms with Crippen molar-refractivity contribution in [3.8, 4) is 12.3 Å². The summed E-state index contributed by atoms with van der Waals surface area (Å²) in [5, 5.41) is 2.76. The fourth-order valence-electron chi connectivity index (χ4n) is 2.70. The summed E-state index contributed by atoms with van der Waals surface area (Å²) < 4.78 is 0. The number of carbonyl (C=O) groups excluding carboxylic acids is 1. The van der Waals surface area contributed by atoms with Crippen LogP contribution in [0.15, 0.2) is 48.5 Å². The van der Waals surface area contributed by atoms with Crippen LogP contribution in [0.25, 0.3) is 0 Å². The zero-order valence-electron chi connectivity index (χ0n) is 13.7. The number of fused-ring (bicyclic) bond motifs is 2. The predicted octanol–water partition coefficient (Wildman–Crippen LogP) is 4.29. The van der Waals surface area contributed by atoms with Crippen LogP contribution in [0.4, 0.5) is 16.2 Å². The lowest BCUT2D eigenvalue weighted by Gasteiger charge is -2.24. The van der Waals surface area contributed by atoms with E-state index < -0.39 is 0 Å². The molecule has 118 valence electrons. The van der Waals surface area contributed by atoms with Gasteiger partial charge in [0.1, 0.15) is 0 Å². The molecule has 2 aromatic rings. The van der Waals surface area contributed by atoms with Gasteiger partial charge in [-0.3, -0.25) is 4.90 Å². The van der Waals surface area contributed by atoms with E-state index in [-0.39, 0.29) is 12.6 Å². The van der Waals surface area contributed by atoms with E-state index in [1.807, 2.05) is 50.2 Å². The van der Waals surface area contributed by atoms with Gasteiger partial charge in [-0.2, -0.15) is 0 Å². The number of carbonyl (C=O) groups is 1. The van der Waals surface area contributed by atoms with Crippen LogP contribution >= 0.6 is 0 Å². The Morgan fingerprint density at radius 3 is 2.00 bits per heavy atom. The standard InChI is InChI=1S/C18H16N2O.C2H6/c1-2-13-19-18(21)20-16-9-5-3-7-14(16)11-12-15-8-4-6-10-17(15)20;1-2/h1,3-10H,11-13H2,(H,19,21);1-2H3. The molecule has 1 aliphatic heterocycles. The number of hydrogen-bond donors (Lipinski definition) is 1. The van der Waals surface area contributed by atoms with E-state index >= 15 is 0 Å². The molecule has 1 heterocycles. The molecule has 0 unspecified atom stereocenters.